The summed E-state index contributed by atoms with van der Waals surface area (Å²) < 4.78 is 39.3. The van der Waals surface area contributed by atoms with E-state index in [2.05, 4.69) is 0 Å². The summed E-state index contributed by atoms with van der Waals surface area (Å²) in [5.41, 5.74) is 5.48. The number of hydrogen-bond donors (Lipinski definition) is 1. The van der Waals surface area contributed by atoms with Gasteiger partial charge in [0, 0.05) is 31.1 Å². The van der Waals surface area contributed by atoms with Crippen LogP contribution in [0.1, 0.15) is 18.1 Å². The zero-order valence-corrected chi connectivity index (χ0v) is 12.1. The third-order valence-electron chi connectivity index (χ3n) is 3.05. The minimum Gasteiger partial charge on any atom is -0.371 e. The van der Waals surface area contributed by atoms with Gasteiger partial charge in [-0.25, -0.2) is 0 Å². The Morgan fingerprint density at radius 1 is 1.37 bits per heavy atom. The van der Waals surface area contributed by atoms with E-state index in [9.17, 15) is 13.2 Å². The number of alkyl halides is 3. The first-order valence-electron chi connectivity index (χ1n) is 5.93. The molecular weight excluding hydrogens is 273 g/mol. The molecule has 1 aromatic rings. The summed E-state index contributed by atoms with van der Waals surface area (Å²) in [5, 5.41) is 0. The van der Waals surface area contributed by atoms with E-state index in [1.165, 1.54) is 6.07 Å². The predicted octanol–water partition coefficient (Wildman–Crippen LogP) is 3.35. The van der Waals surface area contributed by atoms with Crippen LogP contribution in [0, 0.1) is 0 Å². The van der Waals surface area contributed by atoms with E-state index in [1.54, 1.807) is 29.8 Å². The van der Waals surface area contributed by atoms with E-state index in [0.717, 1.165) is 11.8 Å². The second kappa shape index (κ2) is 6.52. The molecule has 19 heavy (non-hydrogen) atoms. The minimum atomic E-state index is -4.37. The molecule has 0 bridgehead atoms. The molecule has 0 aliphatic carbocycles. The Balaban J connectivity index is 3.19. The van der Waals surface area contributed by atoms with Crippen LogP contribution in [-0.4, -0.2) is 25.1 Å². The molecule has 0 aliphatic heterocycles. The van der Waals surface area contributed by atoms with Crippen LogP contribution in [0.4, 0.5) is 18.9 Å². The molecule has 6 heteroatoms. The Hall–Kier alpha value is -0.880. The fourth-order valence-corrected chi connectivity index (χ4v) is 2.54. The summed E-state index contributed by atoms with van der Waals surface area (Å²) in [6, 6.07) is 4.31. The van der Waals surface area contributed by atoms with Crippen LogP contribution >= 0.6 is 11.8 Å². The van der Waals surface area contributed by atoms with E-state index >= 15 is 0 Å². The molecule has 0 fully saturated rings. The zero-order chi connectivity index (χ0) is 14.6. The van der Waals surface area contributed by atoms with Crippen molar-refractivity contribution in [1.29, 1.82) is 0 Å². The number of benzene rings is 1. The normalized spacial score (nSPS) is 13.4. The van der Waals surface area contributed by atoms with Crippen LogP contribution in [0.5, 0.6) is 0 Å². The fraction of sp³-hybridized carbons (Fsp3) is 0.538. The number of hydrogen-bond acceptors (Lipinski definition) is 3. The summed E-state index contributed by atoms with van der Waals surface area (Å²) in [4.78, 5) is 1.67. The summed E-state index contributed by atoms with van der Waals surface area (Å²) in [5.74, 6) is 0.770. The Morgan fingerprint density at radius 2 is 2.00 bits per heavy atom. The topological polar surface area (TPSA) is 29.3 Å². The lowest BCUT2D eigenvalue weighted by Crippen LogP contribution is -2.32. The number of thioether (sulfide) groups is 1. The van der Waals surface area contributed by atoms with Gasteiger partial charge in [-0.15, -0.1) is 0 Å². The van der Waals surface area contributed by atoms with Crippen molar-refractivity contribution in [3.8, 4) is 0 Å². The fourth-order valence-electron chi connectivity index (χ4n) is 1.84. The molecule has 0 saturated heterocycles. The molecule has 2 N–H and O–H groups in total. The lowest BCUT2D eigenvalue weighted by molar-refractivity contribution is -0.137. The molecule has 0 saturated carbocycles. The first-order valence-corrected chi connectivity index (χ1v) is 7.32. The van der Waals surface area contributed by atoms with Crippen molar-refractivity contribution in [2.45, 2.75) is 25.7 Å². The van der Waals surface area contributed by atoms with Crippen molar-refractivity contribution in [1.82, 2.24) is 0 Å². The molecule has 2 nitrogen and oxygen atoms in total. The van der Waals surface area contributed by atoms with Crippen LogP contribution in [0.2, 0.25) is 0 Å². The van der Waals surface area contributed by atoms with Crippen molar-refractivity contribution in [3.05, 3.63) is 29.3 Å². The first-order chi connectivity index (χ1) is 8.81. The average molecular weight is 292 g/mol. The van der Waals surface area contributed by atoms with Gasteiger partial charge in [0.1, 0.15) is 0 Å². The van der Waals surface area contributed by atoms with E-state index in [1.807, 2.05) is 13.2 Å². The molecule has 0 amide bonds. The quantitative estimate of drug-likeness (QED) is 0.902. The second-order valence-corrected chi connectivity index (χ2v) is 5.38. The largest absolute Gasteiger partial charge is 0.418 e. The Bertz CT molecular complexity index is 421. The van der Waals surface area contributed by atoms with E-state index in [4.69, 9.17) is 5.73 Å². The van der Waals surface area contributed by atoms with E-state index in [-0.39, 0.29) is 18.3 Å². The lowest BCUT2D eigenvalue weighted by atomic mass is 10.1. The van der Waals surface area contributed by atoms with Gasteiger partial charge < -0.3 is 10.6 Å². The average Bonchev–Trinajstić information content (AvgIpc) is 2.36. The van der Waals surface area contributed by atoms with Gasteiger partial charge in [0.05, 0.1) is 5.56 Å². The molecule has 0 aromatic heterocycles. The molecular formula is C13H19F3N2S. The highest BCUT2D eigenvalue weighted by molar-refractivity contribution is 7.98. The number of anilines is 1. The van der Waals surface area contributed by atoms with Crippen LogP contribution in [0.25, 0.3) is 0 Å². The monoisotopic (exact) mass is 292 g/mol. The standard InChI is InChI=1S/C13H19F3N2S/c1-9(8-19-3)18(2)12-5-4-10(7-17)6-11(12)13(14,15)16/h4-6,9H,7-8,17H2,1-3H3. The molecule has 1 unspecified atom stereocenters. The third kappa shape index (κ3) is 4.04. The Morgan fingerprint density at radius 3 is 2.47 bits per heavy atom. The van der Waals surface area contributed by atoms with Gasteiger partial charge in [0.25, 0.3) is 0 Å². The van der Waals surface area contributed by atoms with Crippen LogP contribution in [0.15, 0.2) is 18.2 Å². The van der Waals surface area contributed by atoms with Crippen molar-refractivity contribution < 1.29 is 13.2 Å². The highest BCUT2D eigenvalue weighted by Crippen LogP contribution is 2.37. The summed E-state index contributed by atoms with van der Waals surface area (Å²) >= 11 is 1.61. The van der Waals surface area contributed by atoms with Crippen LogP contribution < -0.4 is 10.6 Å². The Labute approximate surface area is 116 Å². The molecule has 0 heterocycles. The number of nitrogens with two attached hydrogens (primary N) is 1. The van der Waals surface area contributed by atoms with Gasteiger partial charge in [0.15, 0.2) is 0 Å². The predicted molar refractivity (Wildman–Crippen MR) is 75.6 cm³/mol. The van der Waals surface area contributed by atoms with E-state index in [0.29, 0.717) is 5.56 Å². The minimum absolute atomic E-state index is 0.0276. The van der Waals surface area contributed by atoms with Crippen LogP contribution in [0.3, 0.4) is 0 Å². The van der Waals surface area contributed by atoms with Gasteiger partial charge in [-0.2, -0.15) is 24.9 Å². The number of nitrogens with zero attached hydrogens (tertiary/aromatic N) is 1. The molecule has 108 valence electrons. The smallest absolute Gasteiger partial charge is 0.371 e. The third-order valence-corrected chi connectivity index (χ3v) is 3.87. The molecule has 1 aromatic carbocycles. The maximum absolute atomic E-state index is 13.1. The second-order valence-electron chi connectivity index (χ2n) is 4.47. The number of rotatable bonds is 5. The van der Waals surface area contributed by atoms with Crippen molar-refractivity contribution in [2.75, 3.05) is 24.0 Å². The molecule has 0 aliphatic rings. The van der Waals surface area contributed by atoms with Crippen molar-refractivity contribution in [3.63, 3.8) is 0 Å². The van der Waals surface area contributed by atoms with Crippen LogP contribution in [-0.2, 0) is 12.7 Å². The van der Waals surface area contributed by atoms with Gasteiger partial charge in [-0.05, 0) is 30.9 Å². The SMILES string of the molecule is CSCC(C)N(C)c1ccc(CN)cc1C(F)(F)F. The molecule has 1 atom stereocenters. The van der Waals surface area contributed by atoms with Crippen molar-refractivity contribution in [2.24, 2.45) is 5.73 Å². The summed E-state index contributed by atoms with van der Waals surface area (Å²) in [7, 11) is 1.69. The van der Waals surface area contributed by atoms with Gasteiger partial charge >= 0.3 is 6.18 Å². The van der Waals surface area contributed by atoms with Gasteiger partial charge in [-0.1, -0.05) is 6.07 Å². The molecule has 1 rings (SSSR count). The molecule has 0 spiro atoms. The zero-order valence-electron chi connectivity index (χ0n) is 11.3. The maximum Gasteiger partial charge on any atom is 0.418 e. The molecule has 0 radical (unpaired) electrons. The van der Waals surface area contributed by atoms with Gasteiger partial charge in [0.2, 0.25) is 0 Å². The maximum atomic E-state index is 13.1. The van der Waals surface area contributed by atoms with Crippen molar-refractivity contribution >= 4 is 17.4 Å². The summed E-state index contributed by atoms with van der Waals surface area (Å²) in [6.07, 6.45) is -2.43. The summed E-state index contributed by atoms with van der Waals surface area (Å²) in [6.45, 7) is 2.01. The highest BCUT2D eigenvalue weighted by Gasteiger charge is 2.35. The highest BCUT2D eigenvalue weighted by atomic mass is 32.2. The lowest BCUT2D eigenvalue weighted by Gasteiger charge is -2.29. The van der Waals surface area contributed by atoms with E-state index < -0.39 is 11.7 Å². The first kappa shape index (κ1) is 16.2. The van der Waals surface area contributed by atoms with Gasteiger partial charge in [-0.3, -0.25) is 0 Å². The Kier molecular flexibility index (Phi) is 5.55. The number of halogens is 3.